The molecule has 0 bridgehead atoms. The SMILES string of the molecule is CCNC(=NCCc1nc2ccccc2[nH]1)N(C)Cc1ccc(OC)cc1. The number of ether oxygens (including phenoxy) is 1. The summed E-state index contributed by atoms with van der Waals surface area (Å²) in [4.78, 5) is 14.9. The van der Waals surface area contributed by atoms with Gasteiger partial charge in [-0.25, -0.2) is 4.98 Å². The second-order valence-corrected chi connectivity index (χ2v) is 6.39. The lowest BCUT2D eigenvalue weighted by molar-refractivity contribution is 0.414. The third-order valence-electron chi connectivity index (χ3n) is 4.32. The van der Waals surface area contributed by atoms with E-state index in [1.807, 2.05) is 43.4 Å². The van der Waals surface area contributed by atoms with Gasteiger partial charge >= 0.3 is 0 Å². The smallest absolute Gasteiger partial charge is 0.193 e. The van der Waals surface area contributed by atoms with Crippen LogP contribution in [-0.4, -0.2) is 48.1 Å². The fraction of sp³-hybridized carbons (Fsp3) is 0.333. The van der Waals surface area contributed by atoms with Crippen LogP contribution in [0.15, 0.2) is 53.5 Å². The maximum Gasteiger partial charge on any atom is 0.193 e. The van der Waals surface area contributed by atoms with E-state index in [1.165, 1.54) is 5.56 Å². The number of H-pyrrole nitrogens is 1. The molecule has 6 nitrogen and oxygen atoms in total. The molecule has 6 heteroatoms. The zero-order valence-corrected chi connectivity index (χ0v) is 16.2. The standard InChI is InChI=1S/C21H27N5O/c1-4-22-21(26(2)15-16-9-11-17(27-3)12-10-16)23-14-13-20-24-18-7-5-6-8-19(18)25-20/h5-12H,4,13-15H2,1-3H3,(H,22,23)(H,24,25). The first-order valence-corrected chi connectivity index (χ1v) is 9.25. The quantitative estimate of drug-likeness (QED) is 0.498. The van der Waals surface area contributed by atoms with Crippen LogP contribution >= 0.6 is 0 Å². The van der Waals surface area contributed by atoms with E-state index in [4.69, 9.17) is 9.73 Å². The highest BCUT2D eigenvalue weighted by Crippen LogP contribution is 2.13. The summed E-state index contributed by atoms with van der Waals surface area (Å²) in [6, 6.07) is 16.2. The first kappa shape index (κ1) is 18.8. The maximum absolute atomic E-state index is 5.22. The molecule has 3 rings (SSSR count). The number of aromatic amines is 1. The maximum atomic E-state index is 5.22. The average Bonchev–Trinajstić information content (AvgIpc) is 3.10. The van der Waals surface area contributed by atoms with E-state index >= 15 is 0 Å². The summed E-state index contributed by atoms with van der Waals surface area (Å²) < 4.78 is 5.22. The van der Waals surface area contributed by atoms with Crippen molar-refractivity contribution in [2.24, 2.45) is 4.99 Å². The van der Waals surface area contributed by atoms with E-state index in [9.17, 15) is 0 Å². The Kier molecular flexibility index (Phi) is 6.30. The molecule has 1 aromatic heterocycles. The second-order valence-electron chi connectivity index (χ2n) is 6.39. The summed E-state index contributed by atoms with van der Waals surface area (Å²) in [5.74, 6) is 2.73. The highest BCUT2D eigenvalue weighted by Gasteiger charge is 2.07. The molecule has 0 unspecified atom stereocenters. The predicted molar refractivity (Wildman–Crippen MR) is 110 cm³/mol. The van der Waals surface area contributed by atoms with Crippen molar-refractivity contribution in [3.63, 3.8) is 0 Å². The topological polar surface area (TPSA) is 65.5 Å². The Bertz CT molecular complexity index is 852. The van der Waals surface area contributed by atoms with Crippen molar-refractivity contribution in [1.29, 1.82) is 0 Å². The van der Waals surface area contributed by atoms with E-state index in [-0.39, 0.29) is 0 Å². The Labute approximate surface area is 160 Å². The lowest BCUT2D eigenvalue weighted by Crippen LogP contribution is -2.38. The van der Waals surface area contributed by atoms with E-state index in [1.54, 1.807) is 7.11 Å². The number of hydrogen-bond acceptors (Lipinski definition) is 3. The van der Waals surface area contributed by atoms with Gasteiger partial charge in [-0.05, 0) is 36.8 Å². The summed E-state index contributed by atoms with van der Waals surface area (Å²) >= 11 is 0. The predicted octanol–water partition coefficient (Wildman–Crippen LogP) is 3.21. The number of hydrogen-bond donors (Lipinski definition) is 2. The van der Waals surface area contributed by atoms with Crippen molar-refractivity contribution in [2.75, 3.05) is 27.2 Å². The molecule has 2 aromatic carbocycles. The van der Waals surface area contributed by atoms with Gasteiger partial charge in [-0.1, -0.05) is 24.3 Å². The monoisotopic (exact) mass is 365 g/mol. The molecule has 0 aliphatic rings. The van der Waals surface area contributed by atoms with Crippen LogP contribution < -0.4 is 10.1 Å². The Morgan fingerprint density at radius 3 is 2.67 bits per heavy atom. The molecule has 2 N–H and O–H groups in total. The van der Waals surface area contributed by atoms with Gasteiger partial charge in [0.2, 0.25) is 0 Å². The Balaban J connectivity index is 1.62. The van der Waals surface area contributed by atoms with E-state index in [2.05, 4.69) is 39.2 Å². The van der Waals surface area contributed by atoms with Crippen molar-refractivity contribution in [3.05, 3.63) is 59.9 Å². The molecule has 0 radical (unpaired) electrons. The molecule has 3 aromatic rings. The summed E-state index contributed by atoms with van der Waals surface area (Å²) in [5.41, 5.74) is 3.28. The molecule has 0 aliphatic carbocycles. The molecule has 0 amide bonds. The van der Waals surface area contributed by atoms with Crippen LogP contribution in [0.3, 0.4) is 0 Å². The van der Waals surface area contributed by atoms with Gasteiger partial charge in [0.25, 0.3) is 0 Å². The van der Waals surface area contributed by atoms with Gasteiger partial charge in [0.15, 0.2) is 5.96 Å². The van der Waals surface area contributed by atoms with Crippen LogP contribution in [0.5, 0.6) is 5.75 Å². The van der Waals surface area contributed by atoms with Crippen LogP contribution in [-0.2, 0) is 13.0 Å². The summed E-state index contributed by atoms with van der Waals surface area (Å²) in [6.07, 6.45) is 0.778. The van der Waals surface area contributed by atoms with Gasteiger partial charge in [0.1, 0.15) is 11.6 Å². The second kappa shape index (κ2) is 9.07. The molecule has 142 valence electrons. The number of fused-ring (bicyclic) bond motifs is 1. The summed E-state index contributed by atoms with van der Waals surface area (Å²) in [5, 5.41) is 3.36. The number of benzene rings is 2. The van der Waals surface area contributed by atoms with E-state index < -0.39 is 0 Å². The number of aliphatic imine (C=N–C) groups is 1. The lowest BCUT2D eigenvalue weighted by atomic mass is 10.2. The zero-order chi connectivity index (χ0) is 19.1. The molecular formula is C21H27N5O. The molecule has 27 heavy (non-hydrogen) atoms. The van der Waals surface area contributed by atoms with Crippen LogP contribution in [0.4, 0.5) is 0 Å². The minimum absolute atomic E-state index is 0.676. The molecule has 0 aliphatic heterocycles. The molecular weight excluding hydrogens is 338 g/mol. The fourth-order valence-corrected chi connectivity index (χ4v) is 2.94. The highest BCUT2D eigenvalue weighted by molar-refractivity contribution is 5.79. The van der Waals surface area contributed by atoms with Gasteiger partial charge < -0.3 is 19.9 Å². The number of para-hydroxylation sites is 2. The number of aromatic nitrogens is 2. The van der Waals surface area contributed by atoms with E-state index in [0.717, 1.165) is 48.1 Å². The molecule has 0 atom stereocenters. The molecule has 1 heterocycles. The van der Waals surface area contributed by atoms with Crippen molar-refractivity contribution >= 4 is 17.0 Å². The number of imidazole rings is 1. The number of nitrogens with zero attached hydrogens (tertiary/aromatic N) is 3. The van der Waals surface area contributed by atoms with Crippen LogP contribution in [0.1, 0.15) is 18.3 Å². The van der Waals surface area contributed by atoms with Crippen molar-refractivity contribution < 1.29 is 4.74 Å². The van der Waals surface area contributed by atoms with E-state index in [0.29, 0.717) is 6.54 Å². The molecule has 0 saturated heterocycles. The Hall–Kier alpha value is -3.02. The van der Waals surface area contributed by atoms with Gasteiger partial charge in [0.05, 0.1) is 18.1 Å². The largest absolute Gasteiger partial charge is 0.497 e. The van der Waals surface area contributed by atoms with Crippen molar-refractivity contribution in [2.45, 2.75) is 19.9 Å². The van der Waals surface area contributed by atoms with Gasteiger partial charge in [0, 0.05) is 33.1 Å². The lowest BCUT2D eigenvalue weighted by Gasteiger charge is -2.22. The normalized spacial score (nSPS) is 11.6. The average molecular weight is 365 g/mol. The molecule has 0 spiro atoms. The number of methoxy groups -OCH3 is 1. The first-order valence-electron chi connectivity index (χ1n) is 9.25. The number of guanidine groups is 1. The van der Waals surface area contributed by atoms with Gasteiger partial charge in [-0.2, -0.15) is 0 Å². The van der Waals surface area contributed by atoms with Crippen LogP contribution in [0, 0.1) is 0 Å². The first-order chi connectivity index (χ1) is 13.2. The summed E-state index contributed by atoms with van der Waals surface area (Å²) in [7, 11) is 3.73. The van der Waals surface area contributed by atoms with Gasteiger partial charge in [-0.3, -0.25) is 4.99 Å². The number of nitrogens with one attached hydrogen (secondary N) is 2. The zero-order valence-electron chi connectivity index (χ0n) is 16.2. The minimum Gasteiger partial charge on any atom is -0.497 e. The summed E-state index contributed by atoms with van der Waals surface area (Å²) in [6.45, 7) is 4.36. The highest BCUT2D eigenvalue weighted by atomic mass is 16.5. The Morgan fingerprint density at radius 1 is 1.19 bits per heavy atom. The Morgan fingerprint density at radius 2 is 1.96 bits per heavy atom. The molecule has 0 fully saturated rings. The van der Waals surface area contributed by atoms with Crippen LogP contribution in [0.2, 0.25) is 0 Å². The van der Waals surface area contributed by atoms with Crippen molar-refractivity contribution in [3.8, 4) is 5.75 Å². The third-order valence-corrected chi connectivity index (χ3v) is 4.32. The minimum atomic E-state index is 0.676. The van der Waals surface area contributed by atoms with Gasteiger partial charge in [-0.15, -0.1) is 0 Å². The van der Waals surface area contributed by atoms with Crippen molar-refractivity contribution in [1.82, 2.24) is 20.2 Å². The number of rotatable bonds is 7. The fourth-order valence-electron chi connectivity index (χ4n) is 2.94. The third kappa shape index (κ3) is 5.00. The molecule has 0 saturated carbocycles. The van der Waals surface area contributed by atoms with Crippen LogP contribution in [0.25, 0.3) is 11.0 Å².